The van der Waals surface area contributed by atoms with Crippen LogP contribution in [0.25, 0.3) is 11.5 Å². The lowest BCUT2D eigenvalue weighted by Crippen LogP contribution is -2.32. The number of hydrogen-bond acceptors (Lipinski definition) is 11. The molecule has 0 amide bonds. The summed E-state index contributed by atoms with van der Waals surface area (Å²) in [6.45, 7) is 3.43. The number of piperidine rings is 1. The van der Waals surface area contributed by atoms with E-state index in [1.54, 1.807) is 47.9 Å². The van der Waals surface area contributed by atoms with Crippen LogP contribution in [0.15, 0.2) is 61.1 Å². The summed E-state index contributed by atoms with van der Waals surface area (Å²) in [6.07, 6.45) is 8.02. The fourth-order valence-corrected chi connectivity index (χ4v) is 3.71. The van der Waals surface area contributed by atoms with E-state index in [-0.39, 0.29) is 0 Å². The molecule has 0 spiro atoms. The highest BCUT2D eigenvalue weighted by Gasteiger charge is 2.17. The topological polar surface area (TPSA) is 131 Å². The Balaban J connectivity index is 1.26. The van der Waals surface area contributed by atoms with Gasteiger partial charge in [0.1, 0.15) is 23.1 Å². The summed E-state index contributed by atoms with van der Waals surface area (Å²) in [5.74, 6) is 1.91. The molecule has 2 N–H and O–H groups in total. The molecule has 11 nitrogen and oxygen atoms in total. The first-order valence-electron chi connectivity index (χ1n) is 11.7. The zero-order chi connectivity index (χ0) is 24.7. The first-order chi connectivity index (χ1) is 17.6. The van der Waals surface area contributed by atoms with Crippen molar-refractivity contribution in [2.45, 2.75) is 26.2 Å². The van der Waals surface area contributed by atoms with Crippen molar-refractivity contribution in [2.75, 3.05) is 23.7 Å². The Labute approximate surface area is 208 Å². The van der Waals surface area contributed by atoms with E-state index in [2.05, 4.69) is 40.5 Å². The van der Waals surface area contributed by atoms with Crippen molar-refractivity contribution in [3.8, 4) is 11.5 Å². The van der Waals surface area contributed by atoms with Gasteiger partial charge in [0.2, 0.25) is 5.95 Å². The number of aryl methyl sites for hydroxylation is 1. The zero-order valence-corrected chi connectivity index (χ0v) is 19.8. The molecule has 4 aromatic rings. The molecule has 0 aliphatic carbocycles. The van der Waals surface area contributed by atoms with Crippen molar-refractivity contribution in [3.05, 3.63) is 72.3 Å². The summed E-state index contributed by atoms with van der Waals surface area (Å²) in [4.78, 5) is 44.4. The Hall–Kier alpha value is -4.51. The highest BCUT2D eigenvalue weighted by atomic mass is 16.7. The monoisotopic (exact) mass is 483 g/mol. The van der Waals surface area contributed by atoms with E-state index in [0.717, 1.165) is 38.0 Å². The van der Waals surface area contributed by atoms with Crippen LogP contribution in [0, 0.1) is 6.92 Å². The van der Waals surface area contributed by atoms with Gasteiger partial charge in [-0.2, -0.15) is 4.98 Å². The molecule has 182 valence electrons. The number of anilines is 4. The fourth-order valence-electron chi connectivity index (χ4n) is 3.71. The summed E-state index contributed by atoms with van der Waals surface area (Å²) >= 11 is 0. The minimum atomic E-state index is -0.415. The second kappa shape index (κ2) is 10.8. The molecule has 0 aromatic carbocycles. The van der Waals surface area contributed by atoms with Crippen molar-refractivity contribution >= 4 is 29.4 Å². The number of nitrogens with zero attached hydrogens (tertiary/aromatic N) is 7. The van der Waals surface area contributed by atoms with Gasteiger partial charge in [0.25, 0.3) is 0 Å². The second-order valence-electron chi connectivity index (χ2n) is 8.24. The zero-order valence-electron chi connectivity index (χ0n) is 19.8. The van der Waals surface area contributed by atoms with Crippen LogP contribution in [0.5, 0.6) is 0 Å². The van der Waals surface area contributed by atoms with Gasteiger partial charge in [-0.1, -0.05) is 12.5 Å². The van der Waals surface area contributed by atoms with E-state index in [4.69, 9.17) is 4.84 Å². The van der Waals surface area contributed by atoms with Crippen LogP contribution in [0.4, 0.5) is 23.4 Å². The first kappa shape index (κ1) is 23.2. The number of hydroxylamine groups is 2. The van der Waals surface area contributed by atoms with Crippen LogP contribution >= 0.6 is 0 Å². The van der Waals surface area contributed by atoms with Crippen molar-refractivity contribution in [2.24, 2.45) is 0 Å². The first-order valence-corrected chi connectivity index (χ1v) is 11.7. The molecule has 0 saturated carbocycles. The predicted molar refractivity (Wildman–Crippen MR) is 134 cm³/mol. The van der Waals surface area contributed by atoms with Crippen molar-refractivity contribution in [1.82, 2.24) is 35.0 Å². The normalized spacial score (nSPS) is 13.7. The standard InChI is InChI=1S/C25H25N9O2/c1-17-6-5-7-19(29-17)23-27-12-9-20(31-23)30-21-10-13-28-25(32-21)33-22-16-18(8-11-26-22)24(35)36-34-14-3-2-4-15-34/h5-13,16H,2-4,14-15H2,1H3,(H2,26,27,28,30,31,32,33). The Morgan fingerprint density at radius 2 is 1.61 bits per heavy atom. The molecule has 5 rings (SSSR count). The van der Waals surface area contributed by atoms with Crippen molar-refractivity contribution in [1.29, 1.82) is 0 Å². The number of carbonyl (C=O) groups is 1. The van der Waals surface area contributed by atoms with Gasteiger partial charge < -0.3 is 15.5 Å². The number of aromatic nitrogens is 6. The van der Waals surface area contributed by atoms with Crippen LogP contribution in [-0.4, -0.2) is 54.0 Å². The number of rotatable bonds is 7. The van der Waals surface area contributed by atoms with Gasteiger partial charge in [0.15, 0.2) is 5.82 Å². The van der Waals surface area contributed by atoms with E-state index in [9.17, 15) is 4.79 Å². The van der Waals surface area contributed by atoms with Gasteiger partial charge in [-0.25, -0.2) is 29.7 Å². The molecular formula is C25H25N9O2. The maximum Gasteiger partial charge on any atom is 0.357 e. The minimum Gasteiger partial charge on any atom is -0.364 e. The van der Waals surface area contributed by atoms with Gasteiger partial charge in [-0.15, -0.1) is 5.06 Å². The third kappa shape index (κ3) is 5.94. The Bertz CT molecular complexity index is 1360. The Morgan fingerprint density at radius 1 is 0.833 bits per heavy atom. The fraction of sp³-hybridized carbons (Fsp3) is 0.240. The van der Waals surface area contributed by atoms with E-state index in [1.807, 2.05) is 25.1 Å². The van der Waals surface area contributed by atoms with Crippen LogP contribution in [0.2, 0.25) is 0 Å². The third-order valence-corrected chi connectivity index (χ3v) is 5.45. The van der Waals surface area contributed by atoms with Crippen molar-refractivity contribution in [3.63, 3.8) is 0 Å². The molecular weight excluding hydrogens is 458 g/mol. The minimum absolute atomic E-state index is 0.309. The SMILES string of the molecule is Cc1cccc(-c2nccc(Nc3ccnc(Nc4cc(C(=O)ON5CCCCC5)ccn4)n3)n2)n1. The van der Waals surface area contributed by atoms with Gasteiger partial charge in [-0.05, 0) is 56.2 Å². The van der Waals surface area contributed by atoms with E-state index >= 15 is 0 Å². The molecule has 0 atom stereocenters. The van der Waals surface area contributed by atoms with Gasteiger partial charge >= 0.3 is 5.97 Å². The maximum atomic E-state index is 12.5. The number of carbonyl (C=O) groups excluding carboxylic acids is 1. The second-order valence-corrected chi connectivity index (χ2v) is 8.24. The summed E-state index contributed by atoms with van der Waals surface area (Å²) in [6, 6.07) is 12.4. The maximum absolute atomic E-state index is 12.5. The molecule has 5 heterocycles. The summed E-state index contributed by atoms with van der Waals surface area (Å²) in [5, 5.41) is 7.91. The lowest BCUT2D eigenvalue weighted by molar-refractivity contribution is -0.119. The average Bonchev–Trinajstić information content (AvgIpc) is 2.90. The van der Waals surface area contributed by atoms with E-state index in [1.165, 1.54) is 0 Å². The lowest BCUT2D eigenvalue weighted by Gasteiger charge is -2.24. The Kier molecular flexibility index (Phi) is 6.99. The van der Waals surface area contributed by atoms with E-state index < -0.39 is 5.97 Å². The van der Waals surface area contributed by atoms with Crippen LogP contribution in [0.3, 0.4) is 0 Å². The van der Waals surface area contributed by atoms with Gasteiger partial charge in [0.05, 0.1) is 5.56 Å². The predicted octanol–water partition coefficient (Wildman–Crippen LogP) is 4.08. The van der Waals surface area contributed by atoms with Crippen LogP contribution in [0.1, 0.15) is 35.3 Å². The molecule has 0 bridgehead atoms. The lowest BCUT2D eigenvalue weighted by atomic mass is 10.2. The Morgan fingerprint density at radius 3 is 2.44 bits per heavy atom. The molecule has 0 radical (unpaired) electrons. The molecule has 1 aliphatic rings. The quantitative estimate of drug-likeness (QED) is 0.394. The highest BCUT2D eigenvalue weighted by molar-refractivity contribution is 5.90. The van der Waals surface area contributed by atoms with Crippen molar-refractivity contribution < 1.29 is 9.63 Å². The summed E-state index contributed by atoms with van der Waals surface area (Å²) < 4.78 is 0. The van der Waals surface area contributed by atoms with Gasteiger partial charge in [-0.3, -0.25) is 0 Å². The molecule has 4 aromatic heterocycles. The van der Waals surface area contributed by atoms with Crippen LogP contribution in [-0.2, 0) is 4.84 Å². The summed E-state index contributed by atoms with van der Waals surface area (Å²) in [5.41, 5.74) is 1.97. The number of pyridine rings is 2. The highest BCUT2D eigenvalue weighted by Crippen LogP contribution is 2.19. The molecule has 1 fully saturated rings. The average molecular weight is 484 g/mol. The summed E-state index contributed by atoms with van der Waals surface area (Å²) in [7, 11) is 0. The third-order valence-electron chi connectivity index (χ3n) is 5.45. The number of nitrogens with one attached hydrogen (secondary N) is 2. The van der Waals surface area contributed by atoms with E-state index in [0.29, 0.717) is 40.5 Å². The smallest absolute Gasteiger partial charge is 0.357 e. The molecule has 1 saturated heterocycles. The molecule has 0 unspecified atom stereocenters. The van der Waals surface area contributed by atoms with Gasteiger partial charge in [0, 0.05) is 37.4 Å². The number of hydrogen-bond donors (Lipinski definition) is 2. The molecule has 1 aliphatic heterocycles. The molecule has 36 heavy (non-hydrogen) atoms. The molecule has 11 heteroatoms. The largest absolute Gasteiger partial charge is 0.364 e. The van der Waals surface area contributed by atoms with Crippen LogP contribution < -0.4 is 10.6 Å².